The molecular formula is C29H23F3N6O2S2. The van der Waals surface area contributed by atoms with Gasteiger partial charge in [-0.1, -0.05) is 36.0 Å². The molecule has 0 aliphatic rings. The number of ether oxygens (including phenoxy) is 1. The van der Waals surface area contributed by atoms with Crippen LogP contribution in [0.15, 0.2) is 76.7 Å². The van der Waals surface area contributed by atoms with Crippen molar-refractivity contribution in [2.24, 2.45) is 7.05 Å². The van der Waals surface area contributed by atoms with E-state index in [1.54, 1.807) is 30.3 Å². The average molecular weight is 609 g/mol. The summed E-state index contributed by atoms with van der Waals surface area (Å²) in [5.74, 6) is 1.09. The van der Waals surface area contributed by atoms with Crippen molar-refractivity contribution in [1.29, 1.82) is 5.26 Å². The van der Waals surface area contributed by atoms with E-state index in [9.17, 15) is 23.2 Å². The summed E-state index contributed by atoms with van der Waals surface area (Å²) in [6, 6.07) is 21.4. The second-order valence-corrected chi connectivity index (χ2v) is 11.2. The number of thioether (sulfide) groups is 1. The summed E-state index contributed by atoms with van der Waals surface area (Å²) >= 11 is 2.71. The van der Waals surface area contributed by atoms with Crippen LogP contribution in [0.3, 0.4) is 0 Å². The summed E-state index contributed by atoms with van der Waals surface area (Å²) in [7, 11) is 2.82. The Labute approximate surface area is 246 Å². The van der Waals surface area contributed by atoms with E-state index in [4.69, 9.17) is 4.74 Å². The van der Waals surface area contributed by atoms with Gasteiger partial charge in [-0.15, -0.1) is 11.3 Å². The highest BCUT2D eigenvalue weighted by atomic mass is 32.2. The molecule has 0 saturated carbocycles. The molecule has 3 heterocycles. The highest BCUT2D eigenvalue weighted by Crippen LogP contribution is 2.34. The second-order valence-electron chi connectivity index (χ2n) is 9.08. The Morgan fingerprint density at radius 2 is 1.95 bits per heavy atom. The first-order valence-corrected chi connectivity index (χ1v) is 14.3. The van der Waals surface area contributed by atoms with Gasteiger partial charge in [-0.3, -0.25) is 9.48 Å². The molecule has 0 aliphatic carbocycles. The Balaban J connectivity index is 1.25. The summed E-state index contributed by atoms with van der Waals surface area (Å²) < 4.78 is 45.5. The smallest absolute Gasteiger partial charge is 0.433 e. The molecule has 0 aliphatic heterocycles. The molecule has 0 spiro atoms. The molecule has 0 saturated heterocycles. The first-order chi connectivity index (χ1) is 20.1. The van der Waals surface area contributed by atoms with Crippen molar-refractivity contribution in [2.45, 2.75) is 23.6 Å². The monoisotopic (exact) mass is 608 g/mol. The number of anilines is 1. The van der Waals surface area contributed by atoms with Gasteiger partial charge in [0.2, 0.25) is 0 Å². The third kappa shape index (κ3) is 6.50. The van der Waals surface area contributed by atoms with Gasteiger partial charge in [0, 0.05) is 35.5 Å². The number of benzene rings is 2. The molecule has 0 radical (unpaired) electrons. The maximum Gasteiger partial charge on any atom is 0.433 e. The molecule has 0 bridgehead atoms. The lowest BCUT2D eigenvalue weighted by atomic mass is 10.1. The lowest BCUT2D eigenvalue weighted by Gasteiger charge is -2.09. The van der Waals surface area contributed by atoms with Crippen molar-refractivity contribution in [1.82, 2.24) is 19.7 Å². The number of nitriles is 1. The van der Waals surface area contributed by atoms with Crippen LogP contribution in [0.25, 0.3) is 21.8 Å². The Hall–Kier alpha value is -4.54. The summed E-state index contributed by atoms with van der Waals surface area (Å²) in [4.78, 5) is 21.5. The molecule has 2 N–H and O–H groups in total. The summed E-state index contributed by atoms with van der Waals surface area (Å²) in [5.41, 5.74) is 1.62. The van der Waals surface area contributed by atoms with Gasteiger partial charge in [-0.25, -0.2) is 4.98 Å². The molecule has 0 amide bonds. The quantitative estimate of drug-likeness (QED) is 0.142. The number of halogens is 3. The first-order valence-electron chi connectivity index (χ1n) is 12.5. The van der Waals surface area contributed by atoms with E-state index >= 15 is 0 Å². The van der Waals surface area contributed by atoms with Crippen molar-refractivity contribution >= 4 is 28.8 Å². The second kappa shape index (κ2) is 12.1. The molecule has 8 nitrogen and oxygen atoms in total. The Bertz CT molecular complexity index is 1840. The third-order valence-corrected chi connectivity index (χ3v) is 8.26. The van der Waals surface area contributed by atoms with Crippen LogP contribution in [0.1, 0.15) is 21.7 Å². The Morgan fingerprint density at radius 3 is 2.69 bits per heavy atom. The van der Waals surface area contributed by atoms with Crippen LogP contribution < -0.4 is 15.6 Å². The number of H-pyrrole nitrogens is 1. The average Bonchev–Trinajstić information content (AvgIpc) is 3.61. The van der Waals surface area contributed by atoms with Crippen LogP contribution in [0.4, 0.5) is 18.9 Å². The van der Waals surface area contributed by atoms with Gasteiger partial charge in [0.15, 0.2) is 5.16 Å². The molecular weight excluding hydrogens is 585 g/mol. The van der Waals surface area contributed by atoms with Gasteiger partial charge in [0.1, 0.15) is 28.8 Å². The summed E-state index contributed by atoms with van der Waals surface area (Å²) in [6.45, 7) is 0.481. The maximum atomic E-state index is 13.1. The first kappa shape index (κ1) is 29.0. The zero-order chi connectivity index (χ0) is 29.9. The molecule has 3 aromatic heterocycles. The van der Waals surface area contributed by atoms with Crippen LogP contribution in [0.5, 0.6) is 5.75 Å². The van der Waals surface area contributed by atoms with Gasteiger partial charge in [-0.2, -0.15) is 23.5 Å². The van der Waals surface area contributed by atoms with Crippen molar-refractivity contribution in [3.05, 3.63) is 98.8 Å². The minimum absolute atomic E-state index is 0.0700. The van der Waals surface area contributed by atoms with E-state index in [0.717, 1.165) is 26.9 Å². The van der Waals surface area contributed by atoms with Crippen molar-refractivity contribution in [2.75, 3.05) is 12.4 Å². The largest absolute Gasteiger partial charge is 0.497 e. The molecule has 0 atom stereocenters. The number of hydrogen-bond donors (Lipinski definition) is 2. The standard InChI is InChI=1S/C29H23F3N6O2S2/c1-38-25(29(30,31)32)13-23(37-38)24-10-9-21(42-24)15-34-19-7-3-5-17(11-19)16-41-28-35-26(22(14-33)27(39)36-28)18-6-4-8-20(12-18)40-2/h3-13,34H,15-16H2,1-2H3,(H,35,36,39). The normalized spacial score (nSPS) is 11.3. The zero-order valence-electron chi connectivity index (χ0n) is 22.3. The molecule has 13 heteroatoms. The number of aryl methyl sites for hydroxylation is 1. The van der Waals surface area contributed by atoms with Gasteiger partial charge < -0.3 is 15.0 Å². The third-order valence-electron chi connectivity index (χ3n) is 6.21. The fourth-order valence-electron chi connectivity index (χ4n) is 4.18. The fraction of sp³-hybridized carbons (Fsp3) is 0.172. The number of hydrogen-bond acceptors (Lipinski definition) is 8. The number of aromatic amines is 1. The number of thiophene rings is 1. The van der Waals surface area contributed by atoms with E-state index in [2.05, 4.69) is 20.4 Å². The van der Waals surface area contributed by atoms with Crippen LogP contribution in [0, 0.1) is 11.3 Å². The number of methoxy groups -OCH3 is 1. The molecule has 214 valence electrons. The zero-order valence-corrected chi connectivity index (χ0v) is 24.0. The number of aromatic nitrogens is 4. The van der Waals surface area contributed by atoms with Crippen LogP contribution in [-0.4, -0.2) is 26.9 Å². The minimum atomic E-state index is -4.46. The summed E-state index contributed by atoms with van der Waals surface area (Å²) in [5, 5.41) is 17.3. The van der Waals surface area contributed by atoms with E-state index in [1.165, 1.54) is 37.3 Å². The highest BCUT2D eigenvalue weighted by Gasteiger charge is 2.35. The van der Waals surface area contributed by atoms with Crippen LogP contribution >= 0.6 is 23.1 Å². The Kier molecular flexibility index (Phi) is 8.37. The molecule has 5 rings (SSSR count). The lowest BCUT2D eigenvalue weighted by Crippen LogP contribution is -2.14. The van der Waals surface area contributed by atoms with E-state index in [0.29, 0.717) is 33.6 Å². The lowest BCUT2D eigenvalue weighted by molar-refractivity contribution is -0.143. The maximum absolute atomic E-state index is 13.1. The number of rotatable bonds is 9. The van der Waals surface area contributed by atoms with Gasteiger partial charge >= 0.3 is 6.18 Å². The van der Waals surface area contributed by atoms with Crippen molar-refractivity contribution in [3.63, 3.8) is 0 Å². The van der Waals surface area contributed by atoms with Crippen molar-refractivity contribution < 1.29 is 17.9 Å². The number of nitrogens with zero attached hydrogens (tertiary/aromatic N) is 4. The summed E-state index contributed by atoms with van der Waals surface area (Å²) in [6.07, 6.45) is -4.46. The van der Waals surface area contributed by atoms with Crippen LogP contribution in [0.2, 0.25) is 0 Å². The number of nitrogens with one attached hydrogen (secondary N) is 2. The predicted octanol–water partition coefficient (Wildman–Crippen LogP) is 6.70. The topological polar surface area (TPSA) is 109 Å². The molecule has 0 unspecified atom stereocenters. The van der Waals surface area contributed by atoms with Crippen LogP contribution in [-0.2, 0) is 25.5 Å². The molecule has 2 aromatic carbocycles. The predicted molar refractivity (Wildman–Crippen MR) is 156 cm³/mol. The van der Waals surface area contributed by atoms with Gasteiger partial charge in [-0.05, 0) is 48.0 Å². The fourth-order valence-corrected chi connectivity index (χ4v) is 5.89. The van der Waals surface area contributed by atoms with E-state index in [1.807, 2.05) is 36.4 Å². The van der Waals surface area contributed by atoms with Gasteiger partial charge in [0.05, 0.1) is 17.7 Å². The molecule has 5 aromatic rings. The Morgan fingerprint density at radius 1 is 1.14 bits per heavy atom. The minimum Gasteiger partial charge on any atom is -0.497 e. The number of alkyl halides is 3. The SMILES string of the molecule is COc1cccc(-c2nc(SCc3cccc(NCc4ccc(-c5cc(C(F)(F)F)n(C)n5)s4)c3)[nH]c(=O)c2C#N)c1. The van der Waals surface area contributed by atoms with E-state index < -0.39 is 17.4 Å². The van der Waals surface area contributed by atoms with Gasteiger partial charge in [0.25, 0.3) is 5.56 Å². The molecule has 42 heavy (non-hydrogen) atoms. The van der Waals surface area contributed by atoms with Crippen molar-refractivity contribution in [3.8, 4) is 33.6 Å². The highest BCUT2D eigenvalue weighted by molar-refractivity contribution is 7.98. The molecule has 0 fully saturated rings. The van der Waals surface area contributed by atoms with E-state index in [-0.39, 0.29) is 17.0 Å².